The Morgan fingerprint density at radius 1 is 1.56 bits per heavy atom. The Hall–Kier alpha value is -1.23. The second kappa shape index (κ2) is 5.21. The molecule has 2 N–H and O–H groups in total. The highest BCUT2D eigenvalue weighted by Crippen LogP contribution is 2.22. The third-order valence-corrected chi connectivity index (χ3v) is 3.85. The molecule has 1 amide bonds. The first-order valence-corrected chi connectivity index (χ1v) is 6.46. The minimum absolute atomic E-state index is 0.117. The van der Waals surface area contributed by atoms with Crippen LogP contribution in [0.3, 0.4) is 0 Å². The van der Waals surface area contributed by atoms with Crippen LogP contribution in [-0.4, -0.2) is 28.9 Å². The number of amides is 1. The zero-order valence-corrected chi connectivity index (χ0v) is 9.68. The van der Waals surface area contributed by atoms with Crippen molar-refractivity contribution in [1.29, 1.82) is 0 Å². The molecule has 1 aromatic heterocycles. The Morgan fingerprint density at radius 2 is 2.44 bits per heavy atom. The van der Waals surface area contributed by atoms with Gasteiger partial charge in [-0.1, -0.05) is 0 Å². The number of rotatable bonds is 3. The first-order valence-electron chi connectivity index (χ1n) is 5.30. The van der Waals surface area contributed by atoms with Crippen molar-refractivity contribution in [2.45, 2.75) is 6.42 Å². The summed E-state index contributed by atoms with van der Waals surface area (Å²) in [5, 5.41) is 2.89. The number of thioether (sulfide) groups is 1. The molecule has 16 heavy (non-hydrogen) atoms. The number of aromatic nitrogens is 1. The molecule has 0 radical (unpaired) electrons. The van der Waals surface area contributed by atoms with Crippen LogP contribution < -0.4 is 10.9 Å². The zero-order valence-electron chi connectivity index (χ0n) is 8.86. The molecule has 4 nitrogen and oxygen atoms in total. The summed E-state index contributed by atoms with van der Waals surface area (Å²) in [5.41, 5.74) is 0.314. The number of pyridine rings is 1. The van der Waals surface area contributed by atoms with Crippen LogP contribution >= 0.6 is 11.8 Å². The Kier molecular flexibility index (Phi) is 3.66. The minimum atomic E-state index is -0.191. The van der Waals surface area contributed by atoms with Gasteiger partial charge in [0.2, 0.25) is 5.56 Å². The molecule has 1 saturated heterocycles. The predicted molar refractivity (Wildman–Crippen MR) is 64.8 cm³/mol. The SMILES string of the molecule is O=C(NCC1CCSC1)c1ccc(=O)[nH]c1. The van der Waals surface area contributed by atoms with Crippen molar-refractivity contribution >= 4 is 17.7 Å². The number of hydrogen-bond acceptors (Lipinski definition) is 3. The van der Waals surface area contributed by atoms with Gasteiger partial charge in [0.25, 0.3) is 5.91 Å². The van der Waals surface area contributed by atoms with Crippen LogP contribution in [0.1, 0.15) is 16.8 Å². The van der Waals surface area contributed by atoms with Crippen molar-refractivity contribution in [3.05, 3.63) is 34.2 Å². The Morgan fingerprint density at radius 3 is 3.06 bits per heavy atom. The van der Waals surface area contributed by atoms with Crippen LogP contribution in [0.25, 0.3) is 0 Å². The average Bonchev–Trinajstić information content (AvgIpc) is 2.80. The molecule has 0 spiro atoms. The van der Waals surface area contributed by atoms with Crippen molar-refractivity contribution in [2.24, 2.45) is 5.92 Å². The monoisotopic (exact) mass is 238 g/mol. The summed E-state index contributed by atoms with van der Waals surface area (Å²) in [7, 11) is 0. The molecule has 0 bridgehead atoms. The van der Waals surface area contributed by atoms with Crippen molar-refractivity contribution in [3.8, 4) is 0 Å². The number of H-pyrrole nitrogens is 1. The smallest absolute Gasteiger partial charge is 0.252 e. The maximum atomic E-state index is 11.7. The van der Waals surface area contributed by atoms with E-state index in [9.17, 15) is 9.59 Å². The van der Waals surface area contributed by atoms with E-state index in [1.165, 1.54) is 30.5 Å². The summed E-state index contributed by atoms with van der Waals surface area (Å²) in [6, 6.07) is 2.90. The molecule has 0 aromatic carbocycles. The molecule has 1 fully saturated rings. The van der Waals surface area contributed by atoms with Gasteiger partial charge >= 0.3 is 0 Å². The highest BCUT2D eigenvalue weighted by atomic mass is 32.2. The zero-order chi connectivity index (χ0) is 11.4. The molecule has 86 valence electrons. The normalized spacial score (nSPS) is 19.6. The van der Waals surface area contributed by atoms with Gasteiger partial charge in [-0.15, -0.1) is 0 Å². The fraction of sp³-hybridized carbons (Fsp3) is 0.455. The van der Waals surface area contributed by atoms with Gasteiger partial charge in [0.15, 0.2) is 0 Å². The molecular weight excluding hydrogens is 224 g/mol. The molecule has 1 aliphatic heterocycles. The van der Waals surface area contributed by atoms with Crippen molar-refractivity contribution < 1.29 is 4.79 Å². The molecule has 1 aliphatic rings. The van der Waals surface area contributed by atoms with Gasteiger partial charge in [-0.2, -0.15) is 11.8 Å². The van der Waals surface area contributed by atoms with E-state index >= 15 is 0 Å². The van der Waals surface area contributed by atoms with E-state index in [4.69, 9.17) is 0 Å². The summed E-state index contributed by atoms with van der Waals surface area (Å²) in [6.07, 6.45) is 2.62. The van der Waals surface area contributed by atoms with Crippen molar-refractivity contribution in [1.82, 2.24) is 10.3 Å². The summed E-state index contributed by atoms with van der Waals surface area (Å²) >= 11 is 1.93. The van der Waals surface area contributed by atoms with Gasteiger partial charge in [0.1, 0.15) is 0 Å². The molecule has 1 unspecified atom stereocenters. The molecule has 2 rings (SSSR count). The summed E-state index contributed by atoms with van der Waals surface area (Å²) in [6.45, 7) is 0.727. The van der Waals surface area contributed by atoms with Crippen molar-refractivity contribution in [2.75, 3.05) is 18.1 Å². The molecule has 2 heterocycles. The lowest BCUT2D eigenvalue weighted by molar-refractivity contribution is 0.0948. The molecular formula is C11H14N2O2S. The minimum Gasteiger partial charge on any atom is -0.352 e. The summed E-state index contributed by atoms with van der Waals surface area (Å²) in [5.74, 6) is 2.80. The fourth-order valence-corrected chi connectivity index (χ4v) is 2.92. The van der Waals surface area contributed by atoms with Gasteiger partial charge in [-0.05, 0) is 29.9 Å². The highest BCUT2D eigenvalue weighted by Gasteiger charge is 2.16. The van der Waals surface area contributed by atoms with Gasteiger partial charge in [-0.3, -0.25) is 9.59 Å². The van der Waals surface area contributed by atoms with Gasteiger partial charge in [0.05, 0.1) is 5.56 Å². The number of aromatic amines is 1. The maximum Gasteiger partial charge on any atom is 0.252 e. The van der Waals surface area contributed by atoms with Crippen LogP contribution in [0, 0.1) is 5.92 Å². The van der Waals surface area contributed by atoms with E-state index in [0.717, 1.165) is 12.3 Å². The second-order valence-corrected chi connectivity index (χ2v) is 5.03. The Labute approximate surface area is 97.8 Å². The highest BCUT2D eigenvalue weighted by molar-refractivity contribution is 7.99. The van der Waals surface area contributed by atoms with Crippen LogP contribution in [-0.2, 0) is 0 Å². The topological polar surface area (TPSA) is 62.0 Å². The maximum absolute atomic E-state index is 11.7. The van der Waals surface area contributed by atoms with E-state index in [0.29, 0.717) is 11.5 Å². The quantitative estimate of drug-likeness (QED) is 0.821. The molecule has 5 heteroatoms. The van der Waals surface area contributed by atoms with E-state index in [2.05, 4.69) is 10.3 Å². The number of nitrogens with one attached hydrogen (secondary N) is 2. The lowest BCUT2D eigenvalue weighted by atomic mass is 10.1. The van der Waals surface area contributed by atoms with Crippen LogP contribution in [0.2, 0.25) is 0 Å². The summed E-state index contributed by atoms with van der Waals surface area (Å²) in [4.78, 5) is 25.0. The Balaban J connectivity index is 1.87. The third-order valence-electron chi connectivity index (χ3n) is 2.62. The molecule has 1 atom stereocenters. The third kappa shape index (κ3) is 2.88. The molecule has 0 saturated carbocycles. The largest absolute Gasteiger partial charge is 0.352 e. The number of carbonyl (C=O) groups is 1. The summed E-state index contributed by atoms with van der Waals surface area (Å²) < 4.78 is 0. The standard InChI is InChI=1S/C11H14N2O2S/c14-10-2-1-9(6-12-10)11(15)13-5-8-3-4-16-7-8/h1-2,6,8H,3-5,7H2,(H,12,14)(H,13,15). The average molecular weight is 238 g/mol. The first-order chi connectivity index (χ1) is 7.75. The van der Waals surface area contributed by atoms with E-state index in [-0.39, 0.29) is 11.5 Å². The second-order valence-electron chi connectivity index (χ2n) is 3.88. The van der Waals surface area contributed by atoms with Crippen LogP contribution in [0.4, 0.5) is 0 Å². The Bertz CT molecular complexity index is 404. The van der Waals surface area contributed by atoms with E-state index in [1.54, 1.807) is 0 Å². The first kappa shape index (κ1) is 11.3. The van der Waals surface area contributed by atoms with Crippen LogP contribution in [0.5, 0.6) is 0 Å². The van der Waals surface area contributed by atoms with Gasteiger partial charge < -0.3 is 10.3 Å². The molecule has 1 aromatic rings. The van der Waals surface area contributed by atoms with E-state index in [1.807, 2.05) is 11.8 Å². The van der Waals surface area contributed by atoms with Gasteiger partial charge in [-0.25, -0.2) is 0 Å². The fourth-order valence-electron chi connectivity index (χ4n) is 1.64. The molecule has 0 aliphatic carbocycles. The number of carbonyl (C=O) groups excluding carboxylic acids is 1. The lowest BCUT2D eigenvalue weighted by Gasteiger charge is -2.09. The van der Waals surface area contributed by atoms with Crippen LogP contribution in [0.15, 0.2) is 23.1 Å². The number of hydrogen-bond donors (Lipinski definition) is 2. The predicted octanol–water partition coefficient (Wildman–Crippen LogP) is 0.858. The van der Waals surface area contributed by atoms with Crippen molar-refractivity contribution in [3.63, 3.8) is 0 Å². The van der Waals surface area contributed by atoms with E-state index < -0.39 is 0 Å². The lowest BCUT2D eigenvalue weighted by Crippen LogP contribution is -2.29. The van der Waals surface area contributed by atoms with Gasteiger partial charge in [0, 0.05) is 18.8 Å².